The summed E-state index contributed by atoms with van der Waals surface area (Å²) >= 11 is 0. The van der Waals surface area contributed by atoms with Gasteiger partial charge in [-0.05, 0) is 11.6 Å². The molecule has 0 saturated heterocycles. The van der Waals surface area contributed by atoms with Crippen LogP contribution in [0.4, 0.5) is 0 Å². The number of hydrogen-bond acceptors (Lipinski definition) is 9. The number of hydrogen-bond donors (Lipinski definition) is 5. The first-order valence-corrected chi connectivity index (χ1v) is 7.78. The minimum atomic E-state index is -1.21. The van der Waals surface area contributed by atoms with Gasteiger partial charge < -0.3 is 35.1 Å². The molecule has 2 aromatic carbocycles. The second-order valence-corrected chi connectivity index (χ2v) is 4.80. The first-order valence-electron chi connectivity index (χ1n) is 7.78. The number of carbonyl (C=O) groups is 2. The van der Waals surface area contributed by atoms with Gasteiger partial charge in [0.25, 0.3) is 0 Å². The number of benzene rings is 2. The van der Waals surface area contributed by atoms with Crippen molar-refractivity contribution in [2.24, 2.45) is 0 Å². The van der Waals surface area contributed by atoms with Crippen LogP contribution in [0.5, 0.6) is 5.75 Å². The molecule has 0 amide bonds. The second kappa shape index (κ2) is 21.7. The van der Waals surface area contributed by atoms with Crippen LogP contribution in [-0.4, -0.2) is 53.8 Å². The molecular formula is C18H22N2Na2O7. The Hall–Kier alpha value is -0.980. The largest absolute Gasteiger partial charge is 1.00 e. The van der Waals surface area contributed by atoms with Gasteiger partial charge in [-0.15, -0.1) is 0 Å². The number of carboxylic acids is 2. The first-order chi connectivity index (χ1) is 12.9. The number of carbonyl (C=O) groups excluding carboxylic acids is 2. The summed E-state index contributed by atoms with van der Waals surface area (Å²) in [5, 5.41) is 48.6. The standard InChI is InChI=1S/C12H10O.2C3H7NO3.2Na/c13-12-9-5-4-8-11(12)10-6-2-1-3-7-10;2*5-2-4-1-3(6)7;;/h1-9,13H;2*4-5H,1-2H2,(H,6,7);;/q;;;2*+1/p-2. The number of phenols is 1. The summed E-state index contributed by atoms with van der Waals surface area (Å²) in [5.74, 6) is -2.10. The van der Waals surface area contributed by atoms with Gasteiger partial charge in [0, 0.05) is 18.7 Å². The Balaban J connectivity index is -0.000000369. The molecule has 9 nitrogen and oxygen atoms in total. The van der Waals surface area contributed by atoms with E-state index in [1.807, 2.05) is 48.5 Å². The van der Waals surface area contributed by atoms with E-state index in [1.54, 1.807) is 6.07 Å². The molecule has 148 valence electrons. The van der Waals surface area contributed by atoms with E-state index in [9.17, 15) is 24.9 Å². The van der Waals surface area contributed by atoms with Crippen molar-refractivity contribution in [1.82, 2.24) is 10.6 Å². The van der Waals surface area contributed by atoms with Crippen molar-refractivity contribution in [3.05, 3.63) is 54.6 Å². The molecule has 11 heteroatoms. The van der Waals surface area contributed by atoms with E-state index in [2.05, 4.69) is 10.6 Å². The second-order valence-electron chi connectivity index (χ2n) is 4.80. The summed E-state index contributed by atoms with van der Waals surface area (Å²) in [7, 11) is 0. The number of nitrogens with one attached hydrogen (secondary N) is 2. The maximum atomic E-state index is 9.56. The van der Waals surface area contributed by atoms with Crippen molar-refractivity contribution in [2.75, 3.05) is 26.6 Å². The predicted molar refractivity (Wildman–Crippen MR) is 93.7 cm³/mol. The number of aromatic hydroxyl groups is 1. The van der Waals surface area contributed by atoms with E-state index in [1.165, 1.54) is 0 Å². The van der Waals surface area contributed by atoms with E-state index >= 15 is 0 Å². The Bertz CT molecular complexity index is 658. The van der Waals surface area contributed by atoms with E-state index in [-0.39, 0.29) is 85.7 Å². The van der Waals surface area contributed by atoms with Crippen molar-refractivity contribution in [1.29, 1.82) is 0 Å². The van der Waals surface area contributed by atoms with Crippen LogP contribution in [0.2, 0.25) is 0 Å². The van der Waals surface area contributed by atoms with Gasteiger partial charge in [-0.1, -0.05) is 48.5 Å². The fraction of sp³-hybridized carbons (Fsp3) is 0.222. The molecule has 2 aromatic rings. The number of carboxylic acid groups (broad SMARTS) is 2. The molecule has 0 aliphatic carbocycles. The molecule has 0 saturated carbocycles. The molecule has 0 aromatic heterocycles. The van der Waals surface area contributed by atoms with E-state index in [4.69, 9.17) is 10.2 Å². The molecule has 0 aliphatic rings. The third-order valence-electron chi connectivity index (χ3n) is 2.75. The van der Waals surface area contributed by atoms with Gasteiger partial charge in [0.15, 0.2) is 0 Å². The number of phenolic OH excluding ortho intramolecular Hbond substituents is 1. The normalized spacial score (nSPS) is 8.62. The number of aliphatic carboxylic acids is 2. The predicted octanol–water partition coefficient (Wildman–Crippen LogP) is -8.38. The zero-order valence-corrected chi connectivity index (χ0v) is 20.5. The van der Waals surface area contributed by atoms with Gasteiger partial charge in [0.05, 0.1) is 25.4 Å². The molecule has 0 heterocycles. The Labute approximate surface area is 213 Å². The average Bonchev–Trinajstić information content (AvgIpc) is 2.67. The van der Waals surface area contributed by atoms with Crippen LogP contribution < -0.4 is 80.0 Å². The van der Waals surface area contributed by atoms with Crippen molar-refractivity contribution in [2.45, 2.75) is 0 Å². The summed E-state index contributed by atoms with van der Waals surface area (Å²) in [5.41, 5.74) is 1.92. The van der Waals surface area contributed by atoms with E-state index in [0.717, 1.165) is 11.1 Å². The van der Waals surface area contributed by atoms with Crippen molar-refractivity contribution < 1.29 is 94.2 Å². The van der Waals surface area contributed by atoms with Gasteiger partial charge in [-0.2, -0.15) is 0 Å². The zero-order chi connectivity index (χ0) is 20.5. The van der Waals surface area contributed by atoms with Crippen LogP contribution in [0, 0.1) is 0 Å². The van der Waals surface area contributed by atoms with Gasteiger partial charge in [-0.25, -0.2) is 0 Å². The van der Waals surface area contributed by atoms with Crippen LogP contribution in [0.3, 0.4) is 0 Å². The minimum absolute atomic E-state index is 0. The summed E-state index contributed by atoms with van der Waals surface area (Å²) in [6.45, 7) is -1.24. The zero-order valence-electron chi connectivity index (χ0n) is 16.5. The van der Waals surface area contributed by atoms with Crippen LogP contribution in [0.15, 0.2) is 54.6 Å². The van der Waals surface area contributed by atoms with Gasteiger partial charge in [0.1, 0.15) is 5.75 Å². The Kier molecular flexibility index (Phi) is 24.5. The number of rotatable bonds is 7. The summed E-state index contributed by atoms with van der Waals surface area (Å²) in [6.07, 6.45) is 0. The van der Waals surface area contributed by atoms with Crippen LogP contribution >= 0.6 is 0 Å². The molecule has 5 N–H and O–H groups in total. The van der Waals surface area contributed by atoms with Crippen molar-refractivity contribution in [3.8, 4) is 16.9 Å². The average molecular weight is 424 g/mol. The van der Waals surface area contributed by atoms with Crippen molar-refractivity contribution >= 4 is 11.9 Å². The van der Waals surface area contributed by atoms with Crippen LogP contribution in [-0.2, 0) is 9.59 Å². The third-order valence-corrected chi connectivity index (χ3v) is 2.75. The summed E-state index contributed by atoms with van der Waals surface area (Å²) in [6, 6.07) is 17.2. The fourth-order valence-electron chi connectivity index (χ4n) is 1.65. The molecule has 0 aliphatic heterocycles. The molecule has 0 atom stereocenters. The van der Waals surface area contributed by atoms with Crippen LogP contribution in [0.25, 0.3) is 11.1 Å². The van der Waals surface area contributed by atoms with Gasteiger partial charge in [-0.3, -0.25) is 10.6 Å². The minimum Gasteiger partial charge on any atom is -0.549 e. The third kappa shape index (κ3) is 18.8. The quantitative estimate of drug-likeness (QED) is 0.214. The smallest absolute Gasteiger partial charge is 0.549 e. The summed E-state index contributed by atoms with van der Waals surface area (Å²) < 4.78 is 0. The number of para-hydroxylation sites is 1. The van der Waals surface area contributed by atoms with Gasteiger partial charge in [0.2, 0.25) is 0 Å². The molecule has 0 radical (unpaired) electrons. The molecule has 29 heavy (non-hydrogen) atoms. The molecule has 0 bridgehead atoms. The molecule has 2 rings (SSSR count). The summed E-state index contributed by atoms with van der Waals surface area (Å²) in [4.78, 5) is 18.9. The van der Waals surface area contributed by atoms with Crippen LogP contribution in [0.1, 0.15) is 0 Å². The Morgan fingerprint density at radius 1 is 0.759 bits per heavy atom. The van der Waals surface area contributed by atoms with Crippen molar-refractivity contribution in [3.63, 3.8) is 0 Å². The SMILES string of the molecule is O=C([O-])CNCO.O=C([O-])CNCO.Oc1ccccc1-c1ccccc1.[Na+].[Na+]. The molecular weight excluding hydrogens is 402 g/mol. The first kappa shape index (κ1) is 32.7. The maximum Gasteiger partial charge on any atom is 1.00 e. The molecule has 0 fully saturated rings. The molecule has 0 unspecified atom stereocenters. The number of aliphatic hydroxyl groups is 2. The Morgan fingerprint density at radius 2 is 1.17 bits per heavy atom. The monoisotopic (exact) mass is 424 g/mol. The number of aliphatic hydroxyl groups excluding tert-OH is 2. The molecule has 0 spiro atoms. The fourth-order valence-corrected chi connectivity index (χ4v) is 1.65. The maximum absolute atomic E-state index is 9.56. The van der Waals surface area contributed by atoms with E-state index in [0.29, 0.717) is 5.75 Å². The Morgan fingerprint density at radius 3 is 1.52 bits per heavy atom. The van der Waals surface area contributed by atoms with Gasteiger partial charge >= 0.3 is 59.1 Å². The van der Waals surface area contributed by atoms with E-state index < -0.39 is 11.9 Å². The topological polar surface area (TPSA) is 165 Å².